The lowest BCUT2D eigenvalue weighted by atomic mass is 9.83. The van der Waals surface area contributed by atoms with Crippen LogP contribution >= 0.6 is 0 Å². The fourth-order valence-corrected chi connectivity index (χ4v) is 3.52. The quantitative estimate of drug-likeness (QED) is 0.836. The molecular formula is C15H27NO2. The van der Waals surface area contributed by atoms with Gasteiger partial charge in [0.15, 0.2) is 0 Å². The number of carbonyl (C=O) groups excluding carboxylic acids is 1. The van der Waals surface area contributed by atoms with Crippen molar-refractivity contribution in [2.75, 3.05) is 19.7 Å². The van der Waals surface area contributed by atoms with Gasteiger partial charge in [0, 0.05) is 31.5 Å². The summed E-state index contributed by atoms with van der Waals surface area (Å²) in [5.74, 6) is 1.58. The van der Waals surface area contributed by atoms with E-state index in [9.17, 15) is 4.79 Å². The minimum Gasteiger partial charge on any atom is -0.396 e. The number of nitrogens with zero attached hydrogens (tertiary/aromatic N) is 1. The first-order valence-corrected chi connectivity index (χ1v) is 7.60. The van der Waals surface area contributed by atoms with Crippen molar-refractivity contribution in [2.45, 2.75) is 51.9 Å². The van der Waals surface area contributed by atoms with E-state index in [1.165, 1.54) is 32.1 Å². The molecule has 1 aliphatic heterocycles. The van der Waals surface area contributed by atoms with Crippen LogP contribution < -0.4 is 0 Å². The van der Waals surface area contributed by atoms with Gasteiger partial charge in [-0.25, -0.2) is 0 Å². The lowest BCUT2D eigenvalue weighted by Gasteiger charge is -2.26. The van der Waals surface area contributed by atoms with E-state index in [0.29, 0.717) is 11.8 Å². The van der Waals surface area contributed by atoms with E-state index in [1.54, 1.807) is 0 Å². The van der Waals surface area contributed by atoms with Crippen molar-refractivity contribution in [3.63, 3.8) is 0 Å². The predicted octanol–water partition coefficient (Wildman–Crippen LogP) is 2.43. The summed E-state index contributed by atoms with van der Waals surface area (Å²) in [4.78, 5) is 14.3. The first-order valence-electron chi connectivity index (χ1n) is 7.60. The zero-order valence-electron chi connectivity index (χ0n) is 11.6. The van der Waals surface area contributed by atoms with Crippen LogP contribution in [0.1, 0.15) is 51.9 Å². The normalized spacial score (nSPS) is 27.4. The summed E-state index contributed by atoms with van der Waals surface area (Å²) >= 11 is 0. The van der Waals surface area contributed by atoms with Crippen molar-refractivity contribution in [3.8, 4) is 0 Å². The number of rotatable bonds is 4. The van der Waals surface area contributed by atoms with Gasteiger partial charge < -0.3 is 10.0 Å². The lowest BCUT2D eigenvalue weighted by molar-refractivity contribution is -0.134. The zero-order chi connectivity index (χ0) is 13.0. The Morgan fingerprint density at radius 3 is 2.56 bits per heavy atom. The van der Waals surface area contributed by atoms with Crippen molar-refractivity contribution in [3.05, 3.63) is 0 Å². The number of hydrogen-bond acceptors (Lipinski definition) is 2. The highest BCUT2D eigenvalue weighted by molar-refractivity contribution is 5.78. The molecule has 2 fully saturated rings. The van der Waals surface area contributed by atoms with E-state index in [1.807, 2.05) is 4.90 Å². The molecule has 0 spiro atoms. The molecule has 1 saturated carbocycles. The third kappa shape index (κ3) is 3.47. The van der Waals surface area contributed by atoms with Crippen LogP contribution in [-0.4, -0.2) is 35.6 Å². The highest BCUT2D eigenvalue weighted by Crippen LogP contribution is 2.30. The molecule has 0 aromatic heterocycles. The Labute approximate surface area is 111 Å². The third-order valence-electron chi connectivity index (χ3n) is 4.69. The van der Waals surface area contributed by atoms with E-state index in [-0.39, 0.29) is 12.5 Å². The molecule has 0 bridgehead atoms. The Hall–Kier alpha value is -0.570. The second-order valence-electron chi connectivity index (χ2n) is 6.26. The molecule has 0 radical (unpaired) electrons. The van der Waals surface area contributed by atoms with Gasteiger partial charge >= 0.3 is 0 Å². The van der Waals surface area contributed by atoms with E-state index in [4.69, 9.17) is 5.11 Å². The highest BCUT2D eigenvalue weighted by atomic mass is 16.3. The molecule has 104 valence electrons. The van der Waals surface area contributed by atoms with Crippen LogP contribution in [0.3, 0.4) is 0 Å². The Bertz CT molecular complexity index is 274. The predicted molar refractivity (Wildman–Crippen MR) is 72.1 cm³/mol. The number of amides is 1. The molecule has 1 heterocycles. The van der Waals surface area contributed by atoms with Crippen molar-refractivity contribution in [2.24, 2.45) is 17.8 Å². The number of carbonyl (C=O) groups is 1. The monoisotopic (exact) mass is 253 g/mol. The molecule has 1 amide bonds. The fourth-order valence-electron chi connectivity index (χ4n) is 3.52. The van der Waals surface area contributed by atoms with Crippen LogP contribution in [0, 0.1) is 17.8 Å². The smallest absolute Gasteiger partial charge is 0.225 e. The Morgan fingerprint density at radius 1 is 1.22 bits per heavy atom. The second kappa shape index (κ2) is 6.55. The topological polar surface area (TPSA) is 40.5 Å². The minimum absolute atomic E-state index is 0.172. The van der Waals surface area contributed by atoms with E-state index < -0.39 is 0 Å². The average molecular weight is 253 g/mol. The maximum absolute atomic E-state index is 12.3. The summed E-state index contributed by atoms with van der Waals surface area (Å²) in [6.07, 6.45) is 8.75. The summed E-state index contributed by atoms with van der Waals surface area (Å²) < 4.78 is 0. The van der Waals surface area contributed by atoms with Gasteiger partial charge in [-0.3, -0.25) is 4.79 Å². The molecule has 1 saturated heterocycles. The van der Waals surface area contributed by atoms with Gasteiger partial charge in [-0.15, -0.1) is 0 Å². The third-order valence-corrected chi connectivity index (χ3v) is 4.69. The van der Waals surface area contributed by atoms with Gasteiger partial charge in [0.2, 0.25) is 5.91 Å². The van der Waals surface area contributed by atoms with Crippen LogP contribution in [0.5, 0.6) is 0 Å². The van der Waals surface area contributed by atoms with Crippen LogP contribution in [0.25, 0.3) is 0 Å². The molecule has 0 aromatic rings. The summed E-state index contributed by atoms with van der Waals surface area (Å²) in [7, 11) is 0. The minimum atomic E-state index is 0.172. The van der Waals surface area contributed by atoms with E-state index >= 15 is 0 Å². The fraction of sp³-hybridized carbons (Fsp3) is 0.933. The van der Waals surface area contributed by atoms with Gasteiger partial charge in [-0.05, 0) is 18.8 Å². The maximum Gasteiger partial charge on any atom is 0.225 e. The first-order chi connectivity index (χ1) is 8.70. The molecule has 2 rings (SSSR count). The summed E-state index contributed by atoms with van der Waals surface area (Å²) in [5.41, 5.74) is 0. The van der Waals surface area contributed by atoms with E-state index in [0.717, 1.165) is 31.8 Å². The zero-order valence-corrected chi connectivity index (χ0v) is 11.6. The van der Waals surface area contributed by atoms with Crippen molar-refractivity contribution in [1.82, 2.24) is 4.90 Å². The summed E-state index contributed by atoms with van der Waals surface area (Å²) in [6, 6.07) is 0. The molecule has 0 aromatic carbocycles. The molecule has 2 unspecified atom stereocenters. The molecule has 1 aliphatic carbocycles. The molecule has 3 heteroatoms. The SMILES string of the molecule is CC(CC1CCCCC1)C(=O)N1CCC(CO)C1. The van der Waals surface area contributed by atoms with Crippen molar-refractivity contribution in [1.29, 1.82) is 0 Å². The summed E-state index contributed by atoms with van der Waals surface area (Å²) in [6.45, 7) is 3.92. The van der Waals surface area contributed by atoms with Crippen LogP contribution in [0.4, 0.5) is 0 Å². The van der Waals surface area contributed by atoms with Crippen LogP contribution in [0.2, 0.25) is 0 Å². The van der Waals surface area contributed by atoms with Crippen molar-refractivity contribution >= 4 is 5.91 Å². The van der Waals surface area contributed by atoms with Gasteiger partial charge in [-0.2, -0.15) is 0 Å². The molecule has 2 atom stereocenters. The molecular weight excluding hydrogens is 226 g/mol. The molecule has 2 aliphatic rings. The Morgan fingerprint density at radius 2 is 1.94 bits per heavy atom. The Balaban J connectivity index is 1.77. The van der Waals surface area contributed by atoms with Crippen LogP contribution in [-0.2, 0) is 4.79 Å². The number of likely N-dealkylation sites (tertiary alicyclic amines) is 1. The number of hydrogen-bond donors (Lipinski definition) is 1. The molecule has 1 N–H and O–H groups in total. The highest BCUT2D eigenvalue weighted by Gasteiger charge is 2.29. The summed E-state index contributed by atoms with van der Waals surface area (Å²) in [5, 5.41) is 9.13. The lowest BCUT2D eigenvalue weighted by Crippen LogP contribution is -2.34. The standard InChI is InChI=1S/C15H27NO2/c1-12(9-13-5-3-2-4-6-13)15(18)16-8-7-14(10-16)11-17/h12-14,17H,2-11H2,1H3. The van der Waals surface area contributed by atoms with Crippen LogP contribution in [0.15, 0.2) is 0 Å². The first kappa shape index (κ1) is 13.9. The van der Waals surface area contributed by atoms with Gasteiger partial charge in [-0.1, -0.05) is 39.0 Å². The van der Waals surface area contributed by atoms with E-state index in [2.05, 4.69) is 6.92 Å². The van der Waals surface area contributed by atoms with Gasteiger partial charge in [0.1, 0.15) is 0 Å². The average Bonchev–Trinajstić information content (AvgIpc) is 2.87. The van der Waals surface area contributed by atoms with Gasteiger partial charge in [0.25, 0.3) is 0 Å². The van der Waals surface area contributed by atoms with Gasteiger partial charge in [0.05, 0.1) is 0 Å². The van der Waals surface area contributed by atoms with Crippen molar-refractivity contribution < 1.29 is 9.90 Å². The molecule has 3 nitrogen and oxygen atoms in total. The maximum atomic E-state index is 12.3. The largest absolute Gasteiger partial charge is 0.396 e. The Kier molecular flexibility index (Phi) is 5.04. The second-order valence-corrected chi connectivity index (χ2v) is 6.26. The molecule has 18 heavy (non-hydrogen) atoms. The number of aliphatic hydroxyl groups excluding tert-OH is 1. The number of aliphatic hydroxyl groups is 1.